The Kier molecular flexibility index (Phi) is 2.74. The van der Waals surface area contributed by atoms with Crippen molar-refractivity contribution < 1.29 is 9.13 Å². The molecule has 0 saturated carbocycles. The lowest BCUT2D eigenvalue weighted by atomic mass is 10.2. The molecule has 0 amide bonds. The van der Waals surface area contributed by atoms with E-state index in [1.807, 2.05) is 18.4 Å². The molecule has 0 aliphatic heterocycles. The summed E-state index contributed by atoms with van der Waals surface area (Å²) in [6, 6.07) is 3.46. The highest BCUT2D eigenvalue weighted by Crippen LogP contribution is 2.37. The first-order valence-electron chi connectivity index (χ1n) is 4.22. The molecule has 1 nitrogen and oxygen atoms in total. The molecule has 0 spiro atoms. The van der Waals surface area contributed by atoms with Crippen LogP contribution in [0.5, 0.6) is 5.75 Å². The van der Waals surface area contributed by atoms with Gasteiger partial charge in [0.1, 0.15) is 0 Å². The Balaban J connectivity index is 2.69. The summed E-state index contributed by atoms with van der Waals surface area (Å²) in [5.74, 6) is -0.00734. The monoisotopic (exact) mass is 274 g/mol. The quantitative estimate of drug-likeness (QED) is 0.798. The van der Waals surface area contributed by atoms with E-state index in [0.29, 0.717) is 16.8 Å². The molecule has 0 bridgehead atoms. The molecule has 2 rings (SSSR count). The van der Waals surface area contributed by atoms with E-state index in [1.165, 1.54) is 17.4 Å². The van der Waals surface area contributed by atoms with Crippen LogP contribution in [0.25, 0.3) is 10.1 Å². The number of benzene rings is 1. The second-order valence-electron chi connectivity index (χ2n) is 2.77. The lowest BCUT2D eigenvalue weighted by Crippen LogP contribution is -1.95. The van der Waals surface area contributed by atoms with E-state index in [1.54, 1.807) is 0 Å². The van der Waals surface area contributed by atoms with Gasteiger partial charge in [0, 0.05) is 10.1 Å². The number of rotatable bonds is 2. The molecule has 0 aliphatic carbocycles. The first-order chi connectivity index (χ1) is 6.74. The van der Waals surface area contributed by atoms with Gasteiger partial charge in [-0.25, -0.2) is 4.39 Å². The third kappa shape index (κ3) is 1.53. The minimum absolute atomic E-state index is 0.304. The predicted molar refractivity (Wildman–Crippen MR) is 60.7 cm³/mol. The largest absolute Gasteiger partial charge is 0.490 e. The highest BCUT2D eigenvalue weighted by molar-refractivity contribution is 9.10. The second kappa shape index (κ2) is 3.87. The Morgan fingerprint density at radius 1 is 1.57 bits per heavy atom. The van der Waals surface area contributed by atoms with Gasteiger partial charge in [-0.2, -0.15) is 0 Å². The zero-order valence-corrected chi connectivity index (χ0v) is 9.91. The Hall–Kier alpha value is -0.610. The molecule has 0 aliphatic rings. The maximum Gasteiger partial charge on any atom is 0.169 e. The number of hydrogen-bond donors (Lipinski definition) is 0. The van der Waals surface area contributed by atoms with Gasteiger partial charge in [0.15, 0.2) is 11.6 Å². The fourth-order valence-corrected chi connectivity index (χ4v) is 2.90. The Bertz CT molecular complexity index is 466. The van der Waals surface area contributed by atoms with Crippen LogP contribution < -0.4 is 4.74 Å². The molecule has 4 heteroatoms. The van der Waals surface area contributed by atoms with Crippen molar-refractivity contribution in [1.29, 1.82) is 0 Å². The second-order valence-corrected chi connectivity index (χ2v) is 4.51. The molecule has 0 fully saturated rings. The van der Waals surface area contributed by atoms with Gasteiger partial charge >= 0.3 is 0 Å². The Labute approximate surface area is 93.6 Å². The molecule has 0 radical (unpaired) electrons. The first kappa shape index (κ1) is 9.93. The zero-order chi connectivity index (χ0) is 10.1. The number of ether oxygens (including phenoxy) is 1. The Morgan fingerprint density at radius 3 is 3.07 bits per heavy atom. The summed E-state index contributed by atoms with van der Waals surface area (Å²) in [7, 11) is 0. The van der Waals surface area contributed by atoms with E-state index < -0.39 is 0 Å². The van der Waals surface area contributed by atoms with Crippen molar-refractivity contribution in [1.82, 2.24) is 0 Å². The van der Waals surface area contributed by atoms with Gasteiger partial charge in [0.05, 0.1) is 11.1 Å². The van der Waals surface area contributed by atoms with Crippen molar-refractivity contribution >= 4 is 37.4 Å². The van der Waals surface area contributed by atoms with Crippen LogP contribution in [0.2, 0.25) is 0 Å². The summed E-state index contributed by atoms with van der Waals surface area (Å²) in [5.41, 5.74) is 0. The van der Waals surface area contributed by atoms with E-state index >= 15 is 0 Å². The van der Waals surface area contributed by atoms with Gasteiger partial charge in [0.25, 0.3) is 0 Å². The summed E-state index contributed by atoms with van der Waals surface area (Å²) in [6.45, 7) is 2.30. The number of hydrogen-bond acceptors (Lipinski definition) is 2. The average molecular weight is 275 g/mol. The highest BCUT2D eigenvalue weighted by atomic mass is 79.9. The lowest BCUT2D eigenvalue weighted by Gasteiger charge is -2.07. The van der Waals surface area contributed by atoms with Crippen molar-refractivity contribution in [3.63, 3.8) is 0 Å². The van der Waals surface area contributed by atoms with Crippen LogP contribution in [0, 0.1) is 5.82 Å². The van der Waals surface area contributed by atoms with E-state index in [0.717, 1.165) is 10.1 Å². The third-order valence-electron chi connectivity index (χ3n) is 1.89. The SMILES string of the molecule is CCOc1c(F)cc2sccc2c1Br. The molecule has 0 atom stereocenters. The van der Waals surface area contributed by atoms with E-state index in [-0.39, 0.29) is 5.82 Å². The van der Waals surface area contributed by atoms with Gasteiger partial charge in [-0.1, -0.05) is 0 Å². The topological polar surface area (TPSA) is 9.23 Å². The predicted octanol–water partition coefficient (Wildman–Crippen LogP) is 4.20. The van der Waals surface area contributed by atoms with Crippen LogP contribution in [-0.4, -0.2) is 6.61 Å². The van der Waals surface area contributed by atoms with E-state index in [9.17, 15) is 4.39 Å². The summed E-state index contributed by atoms with van der Waals surface area (Å²) < 4.78 is 20.4. The van der Waals surface area contributed by atoms with E-state index in [2.05, 4.69) is 15.9 Å². The summed E-state index contributed by atoms with van der Waals surface area (Å²) in [4.78, 5) is 0. The number of halogens is 2. The molecule has 1 heterocycles. The summed E-state index contributed by atoms with van der Waals surface area (Å²) in [5, 5.41) is 2.93. The molecule has 74 valence electrons. The molecule has 1 aromatic heterocycles. The van der Waals surface area contributed by atoms with Gasteiger partial charge in [-0.15, -0.1) is 11.3 Å². The van der Waals surface area contributed by atoms with Crippen LogP contribution >= 0.6 is 27.3 Å². The first-order valence-corrected chi connectivity index (χ1v) is 5.89. The summed E-state index contributed by atoms with van der Waals surface area (Å²) >= 11 is 4.87. The summed E-state index contributed by atoms with van der Waals surface area (Å²) in [6.07, 6.45) is 0. The smallest absolute Gasteiger partial charge is 0.169 e. The number of thiophene rings is 1. The van der Waals surface area contributed by atoms with E-state index in [4.69, 9.17) is 4.74 Å². The van der Waals surface area contributed by atoms with Crippen molar-refractivity contribution in [2.45, 2.75) is 6.92 Å². The molecular formula is C10H8BrFOS. The van der Waals surface area contributed by atoms with Crippen molar-refractivity contribution in [3.8, 4) is 5.75 Å². The van der Waals surface area contributed by atoms with Crippen LogP contribution in [-0.2, 0) is 0 Å². The molecule has 2 aromatic rings. The van der Waals surface area contributed by atoms with Crippen LogP contribution in [0.15, 0.2) is 22.0 Å². The van der Waals surface area contributed by atoms with Gasteiger partial charge in [-0.3, -0.25) is 0 Å². The molecular weight excluding hydrogens is 267 g/mol. The van der Waals surface area contributed by atoms with Gasteiger partial charge < -0.3 is 4.74 Å². The number of fused-ring (bicyclic) bond motifs is 1. The standard InChI is InChI=1S/C10H8BrFOS/c1-2-13-10-7(12)5-8-6(9(10)11)3-4-14-8/h3-5H,2H2,1H3. The minimum Gasteiger partial charge on any atom is -0.490 e. The van der Waals surface area contributed by atoms with Crippen LogP contribution in [0.3, 0.4) is 0 Å². The van der Waals surface area contributed by atoms with Crippen molar-refractivity contribution in [3.05, 3.63) is 27.8 Å². The van der Waals surface area contributed by atoms with Gasteiger partial charge in [-0.05, 0) is 40.4 Å². The van der Waals surface area contributed by atoms with Crippen molar-refractivity contribution in [2.24, 2.45) is 0 Å². The van der Waals surface area contributed by atoms with Crippen LogP contribution in [0.4, 0.5) is 4.39 Å². The zero-order valence-electron chi connectivity index (χ0n) is 7.51. The normalized spacial score (nSPS) is 10.8. The fourth-order valence-electron chi connectivity index (χ4n) is 1.30. The molecule has 0 saturated heterocycles. The van der Waals surface area contributed by atoms with Crippen LogP contribution in [0.1, 0.15) is 6.92 Å². The molecule has 0 N–H and O–H groups in total. The molecule has 1 aromatic carbocycles. The van der Waals surface area contributed by atoms with Crippen molar-refractivity contribution in [2.75, 3.05) is 6.61 Å². The lowest BCUT2D eigenvalue weighted by molar-refractivity contribution is 0.320. The average Bonchev–Trinajstić information content (AvgIpc) is 2.60. The fraction of sp³-hybridized carbons (Fsp3) is 0.200. The highest BCUT2D eigenvalue weighted by Gasteiger charge is 2.12. The Morgan fingerprint density at radius 2 is 2.36 bits per heavy atom. The minimum atomic E-state index is -0.311. The molecule has 14 heavy (non-hydrogen) atoms. The molecule has 0 unspecified atom stereocenters. The maximum absolute atomic E-state index is 13.5. The maximum atomic E-state index is 13.5. The van der Waals surface area contributed by atoms with Gasteiger partial charge in [0.2, 0.25) is 0 Å². The third-order valence-corrected chi connectivity index (χ3v) is 3.55.